The molecule has 4 heterocycles. The van der Waals surface area contributed by atoms with E-state index in [0.717, 1.165) is 38.0 Å². The molecule has 2 saturated heterocycles. The number of benzene rings is 2. The summed E-state index contributed by atoms with van der Waals surface area (Å²) in [6, 6.07) is 2.11. The van der Waals surface area contributed by atoms with Crippen LogP contribution in [-0.4, -0.2) is 106 Å². The molecule has 2 aliphatic carbocycles. The van der Waals surface area contributed by atoms with Crippen LogP contribution >= 0.6 is 12.2 Å². The molecule has 0 bridgehead atoms. The van der Waals surface area contributed by atoms with Crippen LogP contribution in [0.4, 0.5) is 20.2 Å². The molecule has 20 heteroatoms. The molecule has 67 heavy (non-hydrogen) atoms. The predicted molar refractivity (Wildman–Crippen MR) is 254 cm³/mol. The summed E-state index contributed by atoms with van der Waals surface area (Å²) in [6.45, 7) is 13.4. The van der Waals surface area contributed by atoms with Crippen molar-refractivity contribution in [2.45, 2.75) is 108 Å². The summed E-state index contributed by atoms with van der Waals surface area (Å²) in [5, 5.41) is 10.6. The Balaban J connectivity index is 0.000000200. The first-order valence-corrected chi connectivity index (χ1v) is 25.0. The lowest BCUT2D eigenvalue weighted by atomic mass is 9.88. The Morgan fingerprint density at radius 2 is 1.18 bits per heavy atom. The maximum Gasteiger partial charge on any atom is 0.345 e. The van der Waals surface area contributed by atoms with Gasteiger partial charge in [-0.05, 0) is 104 Å². The minimum Gasteiger partial charge on any atom is -0.506 e. The number of esters is 2. The quantitative estimate of drug-likeness (QED) is 0.0917. The first-order chi connectivity index (χ1) is 31.4. The molecule has 5 N–H and O–H groups in total. The van der Waals surface area contributed by atoms with Gasteiger partial charge in [0.2, 0.25) is 5.43 Å². The lowest BCUT2D eigenvalue weighted by Crippen LogP contribution is -2.42. The fourth-order valence-electron chi connectivity index (χ4n) is 9.57. The number of ether oxygens (including phenoxy) is 4. The van der Waals surface area contributed by atoms with Gasteiger partial charge in [0.25, 0.3) is 0 Å². The molecule has 2 saturated carbocycles. The molecule has 4 aromatic rings. The van der Waals surface area contributed by atoms with Gasteiger partial charge in [0.1, 0.15) is 32.9 Å². The minimum atomic E-state index is -4.06. The number of pyridine rings is 2. The van der Waals surface area contributed by atoms with Crippen LogP contribution in [0.25, 0.3) is 21.8 Å². The van der Waals surface area contributed by atoms with E-state index in [1.165, 1.54) is 24.9 Å². The number of aromatic hydroxyl groups is 1. The molecule has 8 rings (SSSR count). The molecule has 0 amide bonds. The van der Waals surface area contributed by atoms with Gasteiger partial charge in [-0.15, -0.1) is 0 Å². The number of rotatable bonds is 13. The number of hydrogen-bond acceptors (Lipinski definition) is 15. The lowest BCUT2D eigenvalue weighted by molar-refractivity contribution is 0.0510. The molecule has 4 fully saturated rings. The van der Waals surface area contributed by atoms with Crippen molar-refractivity contribution in [1.82, 2.24) is 9.13 Å². The van der Waals surface area contributed by atoms with E-state index < -0.39 is 55.0 Å². The average Bonchev–Trinajstić information content (AvgIpc) is 4.16. The second-order valence-electron chi connectivity index (χ2n) is 19.2. The Labute approximate surface area is 394 Å². The zero-order valence-electron chi connectivity index (χ0n) is 39.6. The molecular weight excluding hydrogens is 911 g/mol. The van der Waals surface area contributed by atoms with Crippen LogP contribution in [0, 0.1) is 28.1 Å². The summed E-state index contributed by atoms with van der Waals surface area (Å²) < 4.78 is 82.1. The summed E-state index contributed by atoms with van der Waals surface area (Å²) in [5.41, 5.74) is 11.3. The number of nitrogens with zero attached hydrogens (tertiary/aromatic N) is 4. The molecule has 0 radical (unpaired) electrons. The van der Waals surface area contributed by atoms with E-state index in [0.29, 0.717) is 56.0 Å². The maximum atomic E-state index is 15.7. The molecule has 2 aliphatic heterocycles. The molecule has 16 nitrogen and oxygen atoms in total. The first kappa shape index (κ1) is 49.8. The maximum absolute atomic E-state index is 15.7. The zero-order chi connectivity index (χ0) is 49.2. The Morgan fingerprint density at radius 1 is 0.761 bits per heavy atom. The summed E-state index contributed by atoms with van der Waals surface area (Å²) in [4.78, 5) is 42.6. The number of halogens is 2. The van der Waals surface area contributed by atoms with Gasteiger partial charge in [0.15, 0.2) is 38.0 Å². The number of hydrogen-bond donors (Lipinski definition) is 3. The third kappa shape index (κ3) is 9.30. The van der Waals surface area contributed by atoms with Crippen LogP contribution in [-0.2, 0) is 19.3 Å². The van der Waals surface area contributed by atoms with Crippen LogP contribution in [0.2, 0.25) is 0 Å². The predicted octanol–water partition coefficient (Wildman–Crippen LogP) is 6.93. The number of aromatic nitrogens is 2. The van der Waals surface area contributed by atoms with Crippen LogP contribution in [0.5, 0.6) is 17.2 Å². The van der Waals surface area contributed by atoms with E-state index in [9.17, 15) is 27.9 Å². The summed E-state index contributed by atoms with van der Waals surface area (Å²) >= 11 is 5.62. The number of sulfone groups is 1. The molecule has 4 aliphatic rings. The van der Waals surface area contributed by atoms with E-state index in [1.807, 2.05) is 42.1 Å². The topological polar surface area (TPSA) is 211 Å². The van der Waals surface area contributed by atoms with Gasteiger partial charge in [-0.1, -0.05) is 12.2 Å². The minimum absolute atomic E-state index is 0.0484. The highest BCUT2D eigenvalue weighted by Gasteiger charge is 2.41. The zero-order valence-corrected chi connectivity index (χ0v) is 41.2. The summed E-state index contributed by atoms with van der Waals surface area (Å²) in [6.07, 6.45) is 5.57. The van der Waals surface area contributed by atoms with Crippen molar-refractivity contribution in [3.8, 4) is 17.2 Å². The van der Waals surface area contributed by atoms with E-state index in [1.54, 1.807) is 13.8 Å². The van der Waals surface area contributed by atoms with Crippen molar-refractivity contribution in [3.05, 3.63) is 49.8 Å². The van der Waals surface area contributed by atoms with Crippen LogP contribution < -0.4 is 36.2 Å². The second-order valence-corrected chi connectivity index (χ2v) is 21.6. The van der Waals surface area contributed by atoms with Crippen molar-refractivity contribution in [3.63, 3.8) is 0 Å². The van der Waals surface area contributed by atoms with Gasteiger partial charge in [0.05, 0.1) is 43.9 Å². The highest BCUT2D eigenvalue weighted by Crippen LogP contribution is 2.50. The van der Waals surface area contributed by atoms with Gasteiger partial charge in [-0.25, -0.2) is 26.8 Å². The molecule has 2 aromatic carbocycles. The van der Waals surface area contributed by atoms with E-state index in [-0.39, 0.29) is 86.4 Å². The normalized spacial score (nSPS) is 18.9. The third-order valence-corrected chi connectivity index (χ3v) is 14.8. The molecule has 0 spiro atoms. The highest BCUT2D eigenvalue weighted by atomic mass is 32.2. The van der Waals surface area contributed by atoms with Crippen molar-refractivity contribution >= 4 is 67.2 Å². The van der Waals surface area contributed by atoms with Gasteiger partial charge >= 0.3 is 11.9 Å². The Morgan fingerprint density at radius 3 is 1.57 bits per heavy atom. The van der Waals surface area contributed by atoms with E-state index in [2.05, 4.69) is 0 Å². The molecule has 2 aromatic heterocycles. The molecular formula is C47H62F2N6O10S2. The van der Waals surface area contributed by atoms with E-state index >= 15 is 8.78 Å². The van der Waals surface area contributed by atoms with Crippen molar-refractivity contribution < 1.29 is 50.8 Å². The van der Waals surface area contributed by atoms with Gasteiger partial charge in [-0.2, -0.15) is 0 Å². The second kappa shape index (κ2) is 18.5. The van der Waals surface area contributed by atoms with Crippen LogP contribution in [0.15, 0.2) is 22.0 Å². The van der Waals surface area contributed by atoms with Crippen LogP contribution in [0.3, 0.4) is 0 Å². The first-order valence-electron chi connectivity index (χ1n) is 22.7. The number of nitrogens with two attached hydrogens (primary N) is 2. The molecule has 366 valence electrons. The number of anilines is 2. The van der Waals surface area contributed by atoms with E-state index in [4.69, 9.17) is 42.6 Å². The van der Waals surface area contributed by atoms with Crippen molar-refractivity contribution in [1.29, 1.82) is 0 Å². The summed E-state index contributed by atoms with van der Waals surface area (Å²) in [5.74, 6) is -2.70. The Hall–Kier alpha value is -5.05. The number of carbonyl (C=O) groups is 2. The SMILES string of the molecule is CCOC(=O)c1c(O)c2cc(F)c(N3CC[C@@H](C(C)(C)N)C3)c(OC)c2n(C2CC2)c1=S.CCOC(=O)c1c(S(C)(=O)=O)n(C2CC2)c2c(OC)c(N3CC[C@@H](C(C)(C)N)C3)c(F)cc2c1=O. The highest BCUT2D eigenvalue weighted by molar-refractivity contribution is 7.90. The number of carbonyl (C=O) groups excluding carboxylic acids is 2. The fraction of sp³-hybridized carbons (Fsp3) is 0.574. The van der Waals surface area contributed by atoms with Gasteiger partial charge < -0.3 is 54.5 Å². The Bertz CT molecular complexity index is 2880. The molecule has 0 unspecified atom stereocenters. The average molecular weight is 973 g/mol. The lowest BCUT2D eigenvalue weighted by Gasteiger charge is -2.29. The third-order valence-electron chi connectivity index (χ3n) is 13.3. The number of fused-ring (bicyclic) bond motifs is 2. The van der Waals surface area contributed by atoms with Crippen molar-refractivity contribution in [2.75, 3.05) is 69.7 Å². The Kier molecular flexibility index (Phi) is 13.7. The fourth-order valence-corrected chi connectivity index (χ4v) is 11.1. The summed E-state index contributed by atoms with van der Waals surface area (Å²) in [7, 11) is -1.22. The largest absolute Gasteiger partial charge is 0.506 e. The van der Waals surface area contributed by atoms with Crippen molar-refractivity contribution in [2.24, 2.45) is 23.3 Å². The monoisotopic (exact) mass is 972 g/mol. The molecule has 2 atom stereocenters. The smallest absolute Gasteiger partial charge is 0.345 e. The standard InChI is InChI=1S/C24H32FN3O6S.C23H30FN3O4S/c1-6-34-23(30)17-20(29)15-11-16(25)19(27-10-9-13(12-27)24(2,3)26)21(33-4)18(15)28(14-7-8-14)22(17)35(5,31)32;1-5-31-22(29)16-19(28)14-10-15(24)18(26-9-8-12(11-26)23(2,3)25)20(30-4)17(14)27(21(16)32)13-6-7-13/h11,13-14H,6-10,12,26H2,1-5H3;10,12-13,28H,5-9,11,25H2,1-4H3/t13-;12-/m11/s1. The van der Waals surface area contributed by atoms with Crippen LogP contribution in [0.1, 0.15) is 113 Å². The van der Waals surface area contributed by atoms with Gasteiger partial charge in [0, 0.05) is 61.0 Å². The van der Waals surface area contributed by atoms with Gasteiger partial charge in [-0.3, -0.25) is 4.79 Å². The number of methoxy groups -OCH3 is 2.